The third-order valence-electron chi connectivity index (χ3n) is 14.3. The third kappa shape index (κ3) is 8.21. The van der Waals surface area contributed by atoms with Gasteiger partial charge in [-0.05, 0) is 102 Å². The zero-order valence-corrected chi connectivity index (χ0v) is 37.4. The number of rotatable bonds is 12. The summed E-state index contributed by atoms with van der Waals surface area (Å²) in [4.78, 5) is 73.1. The van der Waals surface area contributed by atoms with E-state index in [0.29, 0.717) is 12.5 Å². The van der Waals surface area contributed by atoms with Crippen molar-refractivity contribution >= 4 is 34.8 Å². The fourth-order valence-electron chi connectivity index (χ4n) is 10.4. The van der Waals surface area contributed by atoms with Gasteiger partial charge in [0.25, 0.3) is 0 Å². The molecule has 4 fully saturated rings. The first-order valence-corrected chi connectivity index (χ1v) is 22.5. The fourth-order valence-corrected chi connectivity index (χ4v) is 10.4. The number of benzene rings is 3. The summed E-state index contributed by atoms with van der Waals surface area (Å²) >= 11 is 0. The van der Waals surface area contributed by atoms with Gasteiger partial charge < -0.3 is 44.6 Å². The van der Waals surface area contributed by atoms with Crippen LogP contribution >= 0.6 is 0 Å². The van der Waals surface area contributed by atoms with Gasteiger partial charge in [0.05, 0.1) is 56.2 Å². The lowest BCUT2D eigenvalue weighted by Crippen LogP contribution is -2.54. The molecule has 2 saturated carbocycles. The van der Waals surface area contributed by atoms with Gasteiger partial charge in [0.15, 0.2) is 0 Å². The Morgan fingerprint density at radius 3 is 1.92 bits per heavy atom. The number of likely N-dealkylation sites (tertiary alicyclic amines) is 2. The molecule has 0 bridgehead atoms. The van der Waals surface area contributed by atoms with E-state index in [4.69, 9.17) is 24.2 Å². The number of nitrogens with one attached hydrogen (secondary N) is 4. The Kier molecular flexibility index (Phi) is 11.7. The molecule has 7 atom stereocenters. The number of imidazole rings is 2. The van der Waals surface area contributed by atoms with Crippen LogP contribution in [0.2, 0.25) is 0 Å². The van der Waals surface area contributed by atoms with Crippen LogP contribution in [-0.4, -0.2) is 106 Å². The number of alkyl carbamates (subject to hydrolysis) is 2. The summed E-state index contributed by atoms with van der Waals surface area (Å²) in [6.45, 7) is 6.24. The van der Waals surface area contributed by atoms with E-state index in [9.17, 15) is 19.2 Å². The molecule has 15 nitrogen and oxygen atoms in total. The van der Waals surface area contributed by atoms with Crippen molar-refractivity contribution in [3.8, 4) is 33.6 Å². The van der Waals surface area contributed by atoms with E-state index in [-0.39, 0.29) is 41.3 Å². The maximum absolute atomic E-state index is 14.1. The van der Waals surface area contributed by atoms with Gasteiger partial charge >= 0.3 is 12.2 Å². The number of fused-ring (bicyclic) bond motifs is 2. The summed E-state index contributed by atoms with van der Waals surface area (Å²) in [7, 11) is 4.11. The number of ether oxygens (including phenoxy) is 3. The molecule has 2 aromatic heterocycles. The van der Waals surface area contributed by atoms with Gasteiger partial charge in [-0.25, -0.2) is 19.6 Å². The zero-order chi connectivity index (χ0) is 44.9. The Bertz CT molecular complexity index is 2550. The Labute approximate surface area is 373 Å². The van der Waals surface area contributed by atoms with Crippen molar-refractivity contribution < 1.29 is 33.4 Å². The molecule has 2 aliphatic heterocycles. The third-order valence-corrected chi connectivity index (χ3v) is 14.3. The summed E-state index contributed by atoms with van der Waals surface area (Å²) in [5, 5.41) is 7.65. The number of aromatic amines is 2. The molecule has 2 saturated heterocycles. The fraction of sp³-hybridized carbons (Fsp3) is 0.469. The van der Waals surface area contributed by atoms with E-state index < -0.39 is 30.4 Å². The molecule has 64 heavy (non-hydrogen) atoms. The second-order valence-corrected chi connectivity index (χ2v) is 18.6. The number of carbonyl (C=O) groups is 4. The van der Waals surface area contributed by atoms with E-state index in [1.807, 2.05) is 36.0 Å². The average molecular weight is 871 g/mol. The Hall–Kier alpha value is -6.22. The van der Waals surface area contributed by atoms with E-state index in [1.165, 1.54) is 21.3 Å². The molecule has 0 radical (unpaired) electrons. The first-order valence-electron chi connectivity index (χ1n) is 22.5. The first kappa shape index (κ1) is 43.1. The quantitative estimate of drug-likeness (QED) is 0.0968. The van der Waals surface area contributed by atoms with Crippen LogP contribution in [0.3, 0.4) is 0 Å². The summed E-state index contributed by atoms with van der Waals surface area (Å²) in [6.07, 6.45) is 8.72. The molecular weight excluding hydrogens is 813 g/mol. The van der Waals surface area contributed by atoms with E-state index in [0.717, 1.165) is 101 Å². The molecule has 4 unspecified atom stereocenters. The predicted octanol–water partition coefficient (Wildman–Crippen LogP) is 7.92. The van der Waals surface area contributed by atoms with Crippen LogP contribution in [0.4, 0.5) is 9.59 Å². The normalized spacial score (nSPS) is 22.4. The van der Waals surface area contributed by atoms with Gasteiger partial charge in [-0.2, -0.15) is 0 Å². The van der Waals surface area contributed by atoms with Crippen LogP contribution in [0.25, 0.3) is 44.4 Å². The number of H-pyrrole nitrogens is 2. The lowest BCUT2D eigenvalue weighted by Gasteiger charge is -2.33. The van der Waals surface area contributed by atoms with Gasteiger partial charge in [0.1, 0.15) is 23.7 Å². The number of hydrogen-bond acceptors (Lipinski definition) is 9. The topological polar surface area (TPSA) is 184 Å². The zero-order valence-electron chi connectivity index (χ0n) is 37.4. The van der Waals surface area contributed by atoms with Crippen molar-refractivity contribution in [1.82, 2.24) is 40.4 Å². The van der Waals surface area contributed by atoms with Crippen molar-refractivity contribution in [2.75, 3.05) is 27.9 Å². The first-order chi connectivity index (χ1) is 30.9. The Balaban J connectivity index is 0.895. The van der Waals surface area contributed by atoms with Crippen LogP contribution in [0, 0.1) is 17.3 Å². The molecule has 15 heteroatoms. The van der Waals surface area contributed by atoms with Crippen LogP contribution in [0.15, 0.2) is 73.1 Å². The van der Waals surface area contributed by atoms with Crippen molar-refractivity contribution in [2.24, 2.45) is 17.3 Å². The highest BCUT2D eigenvalue weighted by atomic mass is 16.5. The smallest absolute Gasteiger partial charge is 0.407 e. The van der Waals surface area contributed by atoms with Crippen molar-refractivity contribution in [1.29, 1.82) is 0 Å². The van der Waals surface area contributed by atoms with Crippen LogP contribution < -0.4 is 10.6 Å². The second kappa shape index (κ2) is 17.4. The second-order valence-electron chi connectivity index (χ2n) is 18.6. The molecule has 4 amide bonds. The molecule has 9 rings (SSSR count). The molecule has 336 valence electrons. The summed E-state index contributed by atoms with van der Waals surface area (Å²) in [5.74, 6) is 1.49. The monoisotopic (exact) mass is 870 g/mol. The minimum absolute atomic E-state index is 0.0772. The maximum Gasteiger partial charge on any atom is 0.407 e. The van der Waals surface area contributed by atoms with Crippen molar-refractivity contribution in [2.45, 2.75) is 102 Å². The molecular formula is C49H58N8O7. The SMILES string of the molecule is COC(=O)N[C@H](C(=O)N1C(c2ncc(-c3ccc(-c4ccc5cc(-c6cnc([C@@H]7CC8(CC8)CN7C(=O)[C@@H](NC(=O)OC)C(C)OC)[nH]6)ccc5c4)cc3)[nH]2)CC2CCCC21)C(C)C. The van der Waals surface area contributed by atoms with Crippen molar-refractivity contribution in [3.05, 3.63) is 84.7 Å². The Morgan fingerprint density at radius 2 is 1.30 bits per heavy atom. The molecule has 4 N–H and O–H groups in total. The maximum atomic E-state index is 14.1. The highest BCUT2D eigenvalue weighted by molar-refractivity contribution is 5.91. The van der Waals surface area contributed by atoms with Gasteiger partial charge in [0, 0.05) is 25.3 Å². The summed E-state index contributed by atoms with van der Waals surface area (Å²) in [5.41, 5.74) is 5.98. The number of nitrogens with zero attached hydrogens (tertiary/aromatic N) is 4. The highest BCUT2D eigenvalue weighted by Crippen LogP contribution is 2.58. The molecule has 2 aliphatic carbocycles. The average Bonchev–Trinajstić information content (AvgIpc) is 3.93. The van der Waals surface area contributed by atoms with Gasteiger partial charge in [0.2, 0.25) is 11.8 Å². The van der Waals surface area contributed by atoms with Crippen molar-refractivity contribution in [3.63, 3.8) is 0 Å². The van der Waals surface area contributed by atoms with Gasteiger partial charge in [-0.1, -0.05) is 68.8 Å². The molecule has 4 heterocycles. The number of methoxy groups -OCH3 is 3. The Morgan fingerprint density at radius 1 is 0.719 bits per heavy atom. The predicted molar refractivity (Wildman–Crippen MR) is 241 cm³/mol. The highest BCUT2D eigenvalue weighted by Gasteiger charge is 2.55. The van der Waals surface area contributed by atoms with Crippen LogP contribution in [0.5, 0.6) is 0 Å². The van der Waals surface area contributed by atoms with Gasteiger partial charge in [-0.3, -0.25) is 9.59 Å². The number of amides is 4. The van der Waals surface area contributed by atoms with Crippen LogP contribution in [-0.2, 0) is 23.8 Å². The molecule has 3 aromatic carbocycles. The van der Waals surface area contributed by atoms with Crippen LogP contribution in [0.1, 0.15) is 89.4 Å². The summed E-state index contributed by atoms with van der Waals surface area (Å²) < 4.78 is 15.2. The molecule has 5 aromatic rings. The molecule has 4 aliphatic rings. The van der Waals surface area contributed by atoms with E-state index in [1.54, 1.807) is 6.92 Å². The minimum atomic E-state index is -0.896. The molecule has 1 spiro atoms. The summed E-state index contributed by atoms with van der Waals surface area (Å²) in [6, 6.07) is 19.3. The van der Waals surface area contributed by atoms with E-state index in [2.05, 4.69) is 81.3 Å². The van der Waals surface area contributed by atoms with E-state index >= 15 is 0 Å². The number of aromatic nitrogens is 4. The number of carbonyl (C=O) groups excluding carboxylic acids is 4. The number of hydrogen-bond donors (Lipinski definition) is 4. The minimum Gasteiger partial charge on any atom is -0.453 e. The lowest BCUT2D eigenvalue weighted by molar-refractivity contribution is -0.138. The standard InChI is InChI=1S/C49H58N8O7/c1-27(2)41(54-47(60)63-5)46(59)57-38-9-7-8-35(38)22-39(57)43-50-24-36(52-43)30-12-10-29(11-13-30)31-14-15-33-21-34(17-16-32(33)20-31)37-25-51-44(53-37)40-23-49(18-19-49)26-56(40)45(58)42(28(3)62-4)55-48(61)64-6/h10-17,20-21,24-25,27-28,35,38-42H,7-9,18-19,22-23,26H2,1-6H3,(H,50,52)(H,51,53)(H,54,60)(H,55,61)/t28?,35?,38?,39?,40-,41-,42-/m0/s1. The largest absolute Gasteiger partial charge is 0.453 e. The lowest BCUT2D eigenvalue weighted by atomic mass is 9.98. The van der Waals surface area contributed by atoms with Gasteiger partial charge in [-0.15, -0.1) is 0 Å².